The molecule has 1 saturated carbocycles. The fraction of sp³-hybridized carbons (Fsp3) is 0.619. The Morgan fingerprint density at radius 2 is 1.85 bits per heavy atom. The van der Waals surface area contributed by atoms with Gasteiger partial charge in [0, 0.05) is 12.7 Å². The second-order valence-corrected chi connectivity index (χ2v) is 14.3. The number of oxime groups is 1. The first-order valence-electron chi connectivity index (χ1n) is 10.6. The molecule has 184 valence electrons. The Morgan fingerprint density at radius 1 is 1.21 bits per heavy atom. The molecule has 1 aromatic carbocycles. The van der Waals surface area contributed by atoms with Crippen LogP contribution in [-0.2, 0) is 29.5 Å². The summed E-state index contributed by atoms with van der Waals surface area (Å²) in [7, 11) is -8.02. The molecule has 2 aliphatic rings. The number of sulfone groups is 1. The van der Waals surface area contributed by atoms with Crippen LogP contribution < -0.4 is 10.0 Å². The SMILES string of the molecule is CC(C)(C)C1CCC2(CC1)CC(C(=O)Nc1cc(NS(=O)(=O)CS(C)(=O)=O)ccc1F)=NO2. The summed E-state index contributed by atoms with van der Waals surface area (Å²) in [5, 5.41) is 5.24. The van der Waals surface area contributed by atoms with E-state index >= 15 is 0 Å². The maximum Gasteiger partial charge on any atom is 0.273 e. The van der Waals surface area contributed by atoms with Gasteiger partial charge in [-0.25, -0.2) is 21.2 Å². The zero-order valence-corrected chi connectivity index (χ0v) is 20.8. The van der Waals surface area contributed by atoms with Crippen molar-refractivity contribution in [1.82, 2.24) is 0 Å². The highest BCUT2D eigenvalue weighted by Gasteiger charge is 2.45. The van der Waals surface area contributed by atoms with Gasteiger partial charge in [-0.05, 0) is 55.2 Å². The number of nitrogens with one attached hydrogen (secondary N) is 2. The first kappa shape index (κ1) is 25.4. The average molecular weight is 504 g/mol. The van der Waals surface area contributed by atoms with E-state index in [1.54, 1.807) is 0 Å². The second-order valence-electron chi connectivity index (χ2n) is 10.0. The highest BCUT2D eigenvalue weighted by molar-refractivity contribution is 8.08. The van der Waals surface area contributed by atoms with E-state index < -0.39 is 42.3 Å². The van der Waals surface area contributed by atoms with Gasteiger partial charge in [0.15, 0.2) is 14.9 Å². The lowest BCUT2D eigenvalue weighted by molar-refractivity contribution is -0.110. The van der Waals surface area contributed by atoms with E-state index in [4.69, 9.17) is 4.84 Å². The molecule has 0 unspecified atom stereocenters. The van der Waals surface area contributed by atoms with Crippen LogP contribution >= 0.6 is 0 Å². The van der Waals surface area contributed by atoms with Crippen LogP contribution in [0.2, 0.25) is 0 Å². The van der Waals surface area contributed by atoms with Crippen LogP contribution in [0.4, 0.5) is 15.8 Å². The van der Waals surface area contributed by atoms with E-state index in [2.05, 4.69) is 36.0 Å². The van der Waals surface area contributed by atoms with Crippen molar-refractivity contribution < 1.29 is 30.9 Å². The summed E-state index contributed by atoms with van der Waals surface area (Å²) < 4.78 is 62.9. The van der Waals surface area contributed by atoms with Gasteiger partial charge < -0.3 is 10.2 Å². The lowest BCUT2D eigenvalue weighted by Crippen LogP contribution is -2.38. The van der Waals surface area contributed by atoms with Gasteiger partial charge in [-0.1, -0.05) is 25.9 Å². The van der Waals surface area contributed by atoms with Crippen LogP contribution in [-0.4, -0.2) is 45.4 Å². The fourth-order valence-corrected chi connectivity index (χ4v) is 7.27. The van der Waals surface area contributed by atoms with E-state index in [0.29, 0.717) is 12.3 Å². The van der Waals surface area contributed by atoms with Crippen molar-refractivity contribution in [1.29, 1.82) is 0 Å². The zero-order chi connectivity index (χ0) is 24.7. The van der Waals surface area contributed by atoms with Crippen molar-refractivity contribution in [2.24, 2.45) is 16.5 Å². The normalized spacial score (nSPS) is 23.7. The molecule has 1 fully saturated rings. The highest BCUT2D eigenvalue weighted by atomic mass is 32.3. The van der Waals surface area contributed by atoms with Gasteiger partial charge in [0.25, 0.3) is 5.91 Å². The molecule has 0 saturated heterocycles. The van der Waals surface area contributed by atoms with Crippen LogP contribution in [0.5, 0.6) is 0 Å². The Kier molecular flexibility index (Phi) is 6.82. The van der Waals surface area contributed by atoms with E-state index in [9.17, 15) is 26.0 Å². The van der Waals surface area contributed by atoms with Gasteiger partial charge in [-0.3, -0.25) is 9.52 Å². The van der Waals surface area contributed by atoms with Gasteiger partial charge in [0.05, 0.1) is 11.4 Å². The minimum atomic E-state index is -4.22. The minimum Gasteiger partial charge on any atom is -0.388 e. The lowest BCUT2D eigenvalue weighted by Gasteiger charge is -2.40. The third-order valence-corrected chi connectivity index (χ3v) is 9.58. The average Bonchev–Trinajstić information content (AvgIpc) is 3.05. The zero-order valence-electron chi connectivity index (χ0n) is 19.1. The third-order valence-electron chi connectivity index (χ3n) is 6.08. The predicted molar refractivity (Wildman–Crippen MR) is 125 cm³/mol. The van der Waals surface area contributed by atoms with Crippen LogP contribution in [0.15, 0.2) is 23.4 Å². The maximum atomic E-state index is 14.3. The number of amides is 1. The summed E-state index contributed by atoms with van der Waals surface area (Å²) >= 11 is 0. The van der Waals surface area contributed by atoms with Gasteiger partial charge in [-0.2, -0.15) is 0 Å². The van der Waals surface area contributed by atoms with Crippen LogP contribution in [0.3, 0.4) is 0 Å². The summed E-state index contributed by atoms with van der Waals surface area (Å²) in [6.07, 6.45) is 4.60. The number of anilines is 2. The Hall–Kier alpha value is -2.21. The Balaban J connectivity index is 1.65. The Labute approximate surface area is 194 Å². The smallest absolute Gasteiger partial charge is 0.273 e. The molecule has 0 bridgehead atoms. The number of halogens is 1. The quantitative estimate of drug-likeness (QED) is 0.613. The van der Waals surface area contributed by atoms with Crippen molar-refractivity contribution in [3.63, 3.8) is 0 Å². The molecule has 0 atom stereocenters. The molecule has 0 radical (unpaired) electrons. The molecule has 1 spiro atoms. The molecule has 1 aromatic rings. The molecule has 12 heteroatoms. The molecular formula is C21H30FN3O6S2. The number of hydrogen-bond donors (Lipinski definition) is 2. The summed E-state index contributed by atoms with van der Waals surface area (Å²) in [5.74, 6) is -0.859. The van der Waals surface area contributed by atoms with Gasteiger partial charge >= 0.3 is 0 Å². The molecule has 9 nitrogen and oxygen atoms in total. The molecule has 33 heavy (non-hydrogen) atoms. The lowest BCUT2D eigenvalue weighted by atomic mass is 9.67. The van der Waals surface area contributed by atoms with Crippen LogP contribution in [0, 0.1) is 17.2 Å². The summed E-state index contributed by atoms with van der Waals surface area (Å²) in [6.45, 7) is 6.64. The van der Waals surface area contributed by atoms with E-state index in [1.807, 2.05) is 0 Å². The maximum absolute atomic E-state index is 14.3. The number of hydrogen-bond acceptors (Lipinski definition) is 7. The van der Waals surface area contributed by atoms with Crippen LogP contribution in [0.1, 0.15) is 52.9 Å². The van der Waals surface area contributed by atoms with Crippen molar-refractivity contribution in [2.75, 3.05) is 21.4 Å². The van der Waals surface area contributed by atoms with E-state index in [0.717, 1.165) is 50.1 Å². The predicted octanol–water partition coefficient (Wildman–Crippen LogP) is 3.26. The number of sulfonamides is 1. The number of carbonyl (C=O) groups excluding carboxylic acids is 1. The van der Waals surface area contributed by atoms with E-state index in [1.165, 1.54) is 0 Å². The Bertz CT molecular complexity index is 1160. The van der Waals surface area contributed by atoms with Crippen molar-refractivity contribution in [3.8, 4) is 0 Å². The summed E-state index contributed by atoms with van der Waals surface area (Å²) in [5.41, 5.74) is -0.522. The largest absolute Gasteiger partial charge is 0.388 e. The number of rotatable bonds is 6. The topological polar surface area (TPSA) is 131 Å². The fourth-order valence-electron chi connectivity index (χ4n) is 4.29. The standard InChI is InChI=1S/C21H30FN3O6S2/c1-20(2,3)14-7-9-21(10-8-14)12-18(24-31-21)19(26)23-17-11-15(5-6-16(17)22)25-33(29,30)13-32(4,27)28/h5-6,11,14,25H,7-10,12-13H2,1-4H3,(H,23,26). The molecule has 1 amide bonds. The second kappa shape index (κ2) is 8.86. The molecule has 1 aliphatic heterocycles. The van der Waals surface area contributed by atoms with Crippen molar-refractivity contribution in [2.45, 2.75) is 58.5 Å². The van der Waals surface area contributed by atoms with Crippen molar-refractivity contribution >= 4 is 42.9 Å². The molecule has 0 aromatic heterocycles. The molecule has 3 rings (SSSR count). The molecule has 2 N–H and O–H groups in total. The monoisotopic (exact) mass is 503 g/mol. The van der Waals surface area contributed by atoms with Gasteiger partial charge in [0.2, 0.25) is 10.0 Å². The highest BCUT2D eigenvalue weighted by Crippen LogP contribution is 2.46. The Morgan fingerprint density at radius 3 is 2.42 bits per heavy atom. The first-order valence-corrected chi connectivity index (χ1v) is 14.3. The third kappa shape index (κ3) is 6.66. The van der Waals surface area contributed by atoms with Gasteiger partial charge in [0.1, 0.15) is 17.1 Å². The molecule has 1 heterocycles. The van der Waals surface area contributed by atoms with Gasteiger partial charge in [-0.15, -0.1) is 0 Å². The summed E-state index contributed by atoms with van der Waals surface area (Å²) in [4.78, 5) is 18.4. The number of benzene rings is 1. The van der Waals surface area contributed by atoms with Crippen molar-refractivity contribution in [3.05, 3.63) is 24.0 Å². The molecule has 1 aliphatic carbocycles. The summed E-state index contributed by atoms with van der Waals surface area (Å²) in [6, 6.07) is 3.17. The van der Waals surface area contributed by atoms with E-state index in [-0.39, 0.29) is 22.5 Å². The minimum absolute atomic E-state index is 0.0862. The first-order chi connectivity index (χ1) is 15.1. The molecular weight excluding hydrogens is 473 g/mol. The van der Waals surface area contributed by atoms with Crippen LogP contribution in [0.25, 0.3) is 0 Å². The number of carbonyl (C=O) groups is 1. The number of nitrogens with zero attached hydrogens (tertiary/aromatic N) is 1.